The molecule has 1 aliphatic heterocycles. The molecule has 0 spiro atoms. The van der Waals surface area contributed by atoms with Crippen LogP contribution in [0.15, 0.2) is 18.3 Å². The SMILES string of the molecule is CCCNc1ccc(C(=O)NC2CCCOC2)cn1. The first kappa shape index (κ1) is 13.8. The molecule has 1 aliphatic rings. The Morgan fingerprint density at radius 2 is 2.42 bits per heavy atom. The number of pyridine rings is 1. The van der Waals surface area contributed by atoms with E-state index in [2.05, 4.69) is 22.5 Å². The summed E-state index contributed by atoms with van der Waals surface area (Å²) in [7, 11) is 0. The predicted octanol–water partition coefficient (Wildman–Crippen LogP) is 1.81. The number of hydrogen-bond acceptors (Lipinski definition) is 4. The number of nitrogens with zero attached hydrogens (tertiary/aromatic N) is 1. The Morgan fingerprint density at radius 1 is 1.53 bits per heavy atom. The lowest BCUT2D eigenvalue weighted by atomic mass is 10.1. The Labute approximate surface area is 113 Å². The van der Waals surface area contributed by atoms with E-state index in [1.165, 1.54) is 0 Å². The number of aromatic nitrogens is 1. The summed E-state index contributed by atoms with van der Waals surface area (Å²) in [5, 5.41) is 6.15. The first-order valence-electron chi connectivity index (χ1n) is 6.88. The van der Waals surface area contributed by atoms with E-state index in [0.717, 1.165) is 38.2 Å². The maximum Gasteiger partial charge on any atom is 0.253 e. The van der Waals surface area contributed by atoms with Crippen LogP contribution in [-0.2, 0) is 4.74 Å². The van der Waals surface area contributed by atoms with Crippen LogP contribution in [-0.4, -0.2) is 36.7 Å². The van der Waals surface area contributed by atoms with Gasteiger partial charge in [0.25, 0.3) is 5.91 Å². The van der Waals surface area contributed by atoms with E-state index in [9.17, 15) is 4.79 Å². The van der Waals surface area contributed by atoms with Gasteiger partial charge in [0, 0.05) is 19.3 Å². The second kappa shape index (κ2) is 7.09. The van der Waals surface area contributed by atoms with Gasteiger partial charge < -0.3 is 15.4 Å². The number of amides is 1. The third-order valence-electron chi connectivity index (χ3n) is 3.08. The number of anilines is 1. The molecule has 2 heterocycles. The van der Waals surface area contributed by atoms with Gasteiger partial charge in [0.05, 0.1) is 18.2 Å². The molecule has 0 aliphatic carbocycles. The van der Waals surface area contributed by atoms with Gasteiger partial charge in [-0.25, -0.2) is 4.98 Å². The van der Waals surface area contributed by atoms with Crippen molar-refractivity contribution in [3.63, 3.8) is 0 Å². The van der Waals surface area contributed by atoms with Crippen LogP contribution in [0.25, 0.3) is 0 Å². The molecule has 0 bridgehead atoms. The van der Waals surface area contributed by atoms with E-state index in [1.54, 1.807) is 12.3 Å². The molecule has 1 unspecified atom stereocenters. The molecule has 1 aromatic rings. The lowest BCUT2D eigenvalue weighted by Gasteiger charge is -2.23. The van der Waals surface area contributed by atoms with E-state index >= 15 is 0 Å². The molecule has 0 radical (unpaired) electrons. The van der Waals surface area contributed by atoms with Crippen molar-refractivity contribution in [3.8, 4) is 0 Å². The summed E-state index contributed by atoms with van der Waals surface area (Å²) in [4.78, 5) is 16.2. The average molecular weight is 263 g/mol. The molecule has 104 valence electrons. The van der Waals surface area contributed by atoms with Gasteiger partial charge in [0.15, 0.2) is 0 Å². The number of ether oxygens (including phenoxy) is 1. The first-order chi connectivity index (χ1) is 9.29. The number of rotatable bonds is 5. The van der Waals surface area contributed by atoms with Crippen molar-refractivity contribution < 1.29 is 9.53 Å². The van der Waals surface area contributed by atoms with Gasteiger partial charge in [0.2, 0.25) is 0 Å². The predicted molar refractivity (Wildman–Crippen MR) is 74.3 cm³/mol. The topological polar surface area (TPSA) is 63.2 Å². The molecule has 1 amide bonds. The van der Waals surface area contributed by atoms with Gasteiger partial charge in [-0.3, -0.25) is 4.79 Å². The Hall–Kier alpha value is -1.62. The number of nitrogens with one attached hydrogen (secondary N) is 2. The Balaban J connectivity index is 1.87. The van der Waals surface area contributed by atoms with Crippen LogP contribution in [0.1, 0.15) is 36.5 Å². The van der Waals surface area contributed by atoms with Crippen LogP contribution in [0.2, 0.25) is 0 Å². The zero-order chi connectivity index (χ0) is 13.5. The summed E-state index contributed by atoms with van der Waals surface area (Å²) in [5.74, 6) is 0.726. The highest BCUT2D eigenvalue weighted by molar-refractivity contribution is 5.94. The van der Waals surface area contributed by atoms with E-state index in [1.807, 2.05) is 6.07 Å². The molecule has 0 aromatic carbocycles. The third-order valence-corrected chi connectivity index (χ3v) is 3.08. The van der Waals surface area contributed by atoms with E-state index < -0.39 is 0 Å². The summed E-state index contributed by atoms with van der Waals surface area (Å²) >= 11 is 0. The van der Waals surface area contributed by atoms with E-state index in [0.29, 0.717) is 12.2 Å². The lowest BCUT2D eigenvalue weighted by Crippen LogP contribution is -2.40. The smallest absolute Gasteiger partial charge is 0.253 e. The Morgan fingerprint density at radius 3 is 3.05 bits per heavy atom. The van der Waals surface area contributed by atoms with Gasteiger partial charge in [-0.05, 0) is 31.4 Å². The largest absolute Gasteiger partial charge is 0.379 e. The van der Waals surface area contributed by atoms with E-state index in [4.69, 9.17) is 4.74 Å². The van der Waals surface area contributed by atoms with Crippen molar-refractivity contribution in [2.75, 3.05) is 25.1 Å². The fraction of sp³-hybridized carbons (Fsp3) is 0.571. The van der Waals surface area contributed by atoms with Gasteiger partial charge in [-0.2, -0.15) is 0 Å². The van der Waals surface area contributed by atoms with Gasteiger partial charge in [-0.1, -0.05) is 6.92 Å². The van der Waals surface area contributed by atoms with Gasteiger partial charge in [-0.15, -0.1) is 0 Å². The molecule has 5 heteroatoms. The monoisotopic (exact) mass is 263 g/mol. The molecular formula is C14H21N3O2. The van der Waals surface area contributed by atoms with Gasteiger partial charge in [0.1, 0.15) is 5.82 Å². The molecule has 19 heavy (non-hydrogen) atoms. The van der Waals surface area contributed by atoms with Crippen molar-refractivity contribution in [2.24, 2.45) is 0 Å². The highest BCUT2D eigenvalue weighted by atomic mass is 16.5. The molecule has 1 aromatic heterocycles. The number of hydrogen-bond donors (Lipinski definition) is 2. The average Bonchev–Trinajstić information content (AvgIpc) is 2.46. The van der Waals surface area contributed by atoms with Gasteiger partial charge >= 0.3 is 0 Å². The Bertz CT molecular complexity index is 400. The van der Waals surface area contributed by atoms with Crippen LogP contribution >= 0.6 is 0 Å². The highest BCUT2D eigenvalue weighted by Gasteiger charge is 2.17. The van der Waals surface area contributed by atoms with E-state index in [-0.39, 0.29) is 11.9 Å². The second-order valence-corrected chi connectivity index (χ2v) is 4.75. The molecule has 5 nitrogen and oxygen atoms in total. The van der Waals surface area contributed by atoms with Crippen LogP contribution < -0.4 is 10.6 Å². The summed E-state index contributed by atoms with van der Waals surface area (Å²) in [6, 6.07) is 3.76. The summed E-state index contributed by atoms with van der Waals surface area (Å²) < 4.78 is 5.34. The molecule has 2 rings (SSSR count). The molecule has 2 N–H and O–H groups in total. The summed E-state index contributed by atoms with van der Waals surface area (Å²) in [6.07, 6.45) is 4.64. The summed E-state index contributed by atoms with van der Waals surface area (Å²) in [6.45, 7) is 4.39. The van der Waals surface area contributed by atoms with Crippen LogP contribution in [0.3, 0.4) is 0 Å². The van der Waals surface area contributed by atoms with Crippen molar-refractivity contribution in [3.05, 3.63) is 23.9 Å². The van der Waals surface area contributed by atoms with Crippen LogP contribution in [0.4, 0.5) is 5.82 Å². The lowest BCUT2D eigenvalue weighted by molar-refractivity contribution is 0.0624. The molecular weight excluding hydrogens is 242 g/mol. The highest BCUT2D eigenvalue weighted by Crippen LogP contribution is 2.09. The number of carbonyl (C=O) groups excluding carboxylic acids is 1. The fourth-order valence-corrected chi connectivity index (χ4v) is 2.01. The molecule has 0 saturated carbocycles. The Kier molecular flexibility index (Phi) is 5.15. The minimum atomic E-state index is -0.0787. The zero-order valence-electron chi connectivity index (χ0n) is 11.3. The molecule has 1 atom stereocenters. The van der Waals surface area contributed by atoms with Crippen LogP contribution in [0, 0.1) is 0 Å². The third kappa shape index (κ3) is 4.21. The first-order valence-corrected chi connectivity index (χ1v) is 6.88. The molecule has 1 saturated heterocycles. The van der Waals surface area contributed by atoms with Crippen molar-refractivity contribution >= 4 is 11.7 Å². The minimum absolute atomic E-state index is 0.0787. The minimum Gasteiger partial charge on any atom is -0.379 e. The fourth-order valence-electron chi connectivity index (χ4n) is 2.01. The maximum atomic E-state index is 12.0. The maximum absolute atomic E-state index is 12.0. The summed E-state index contributed by atoms with van der Waals surface area (Å²) in [5.41, 5.74) is 0.590. The van der Waals surface area contributed by atoms with Crippen LogP contribution in [0.5, 0.6) is 0 Å². The normalized spacial score (nSPS) is 18.9. The van der Waals surface area contributed by atoms with Crippen molar-refractivity contribution in [1.29, 1.82) is 0 Å². The quantitative estimate of drug-likeness (QED) is 0.850. The zero-order valence-corrected chi connectivity index (χ0v) is 11.3. The second-order valence-electron chi connectivity index (χ2n) is 4.75. The van der Waals surface area contributed by atoms with Crippen molar-refractivity contribution in [2.45, 2.75) is 32.2 Å². The standard InChI is InChI=1S/C14H21N3O2/c1-2-7-15-13-6-5-11(9-16-13)14(18)17-12-4-3-8-19-10-12/h5-6,9,12H,2-4,7-8,10H2,1H3,(H,15,16)(H,17,18). The molecule has 1 fully saturated rings. The van der Waals surface area contributed by atoms with Crippen molar-refractivity contribution in [1.82, 2.24) is 10.3 Å². The number of carbonyl (C=O) groups is 1.